The van der Waals surface area contributed by atoms with Gasteiger partial charge in [0.15, 0.2) is 0 Å². The number of carbonyl (C=O) groups is 2. The van der Waals surface area contributed by atoms with Gasteiger partial charge in [0, 0.05) is 18.8 Å². The summed E-state index contributed by atoms with van der Waals surface area (Å²) in [7, 11) is 1.60. The Kier molecular flexibility index (Phi) is 9.54. The Morgan fingerprint density at radius 1 is 1.00 bits per heavy atom. The highest BCUT2D eigenvalue weighted by Gasteiger charge is 2.25. The van der Waals surface area contributed by atoms with Gasteiger partial charge < -0.3 is 20.7 Å². The lowest BCUT2D eigenvalue weighted by Crippen LogP contribution is -2.49. The Hall–Kier alpha value is -3.09. The number of rotatable bonds is 11. The molecule has 3 rings (SSSR count). The quantitative estimate of drug-likeness (QED) is 0.447. The van der Waals surface area contributed by atoms with Crippen molar-refractivity contribution in [3.63, 3.8) is 0 Å². The molecule has 3 N–H and O–H groups in total. The summed E-state index contributed by atoms with van der Waals surface area (Å²) >= 11 is 0. The third-order valence-corrected chi connectivity index (χ3v) is 6.07. The zero-order valence-electron chi connectivity index (χ0n) is 19.2. The molecule has 2 amide bonds. The van der Waals surface area contributed by atoms with E-state index in [0.717, 1.165) is 29.8 Å². The summed E-state index contributed by atoms with van der Waals surface area (Å²) in [6.45, 7) is 0.916. The van der Waals surface area contributed by atoms with Crippen LogP contribution in [0.4, 0.5) is 10.1 Å². The normalized spacial score (nSPS) is 14.8. The molecule has 7 heteroatoms. The molecule has 1 saturated carbocycles. The van der Waals surface area contributed by atoms with Gasteiger partial charge in [0.2, 0.25) is 11.8 Å². The molecule has 0 aliphatic heterocycles. The molecule has 0 radical (unpaired) electrons. The average Bonchev–Trinajstić information content (AvgIpc) is 2.83. The van der Waals surface area contributed by atoms with Gasteiger partial charge in [0.1, 0.15) is 17.6 Å². The monoisotopic (exact) mass is 455 g/mol. The topological polar surface area (TPSA) is 79.5 Å². The van der Waals surface area contributed by atoms with Crippen LogP contribution in [0.15, 0.2) is 48.5 Å². The lowest BCUT2D eigenvalue weighted by molar-refractivity contribution is -0.129. The molecule has 0 aromatic heterocycles. The van der Waals surface area contributed by atoms with Gasteiger partial charge >= 0.3 is 0 Å². The highest BCUT2D eigenvalue weighted by atomic mass is 19.1. The summed E-state index contributed by atoms with van der Waals surface area (Å²) in [6, 6.07) is 12.9. The first kappa shape index (κ1) is 24.6. The van der Waals surface area contributed by atoms with Gasteiger partial charge in [-0.25, -0.2) is 4.39 Å². The van der Waals surface area contributed by atoms with Gasteiger partial charge in [-0.1, -0.05) is 44.2 Å². The second-order valence-electron chi connectivity index (χ2n) is 8.61. The number of hydrogen-bond donors (Lipinski definition) is 3. The number of amides is 2. The summed E-state index contributed by atoms with van der Waals surface area (Å²) in [5.74, 6) is 0.575. The van der Waals surface area contributed by atoms with Crippen molar-refractivity contribution in [3.8, 4) is 5.75 Å². The van der Waals surface area contributed by atoms with Crippen molar-refractivity contribution in [2.75, 3.05) is 25.5 Å². The van der Waals surface area contributed by atoms with E-state index in [0.29, 0.717) is 25.4 Å². The zero-order valence-corrected chi connectivity index (χ0v) is 19.2. The molecule has 6 nitrogen and oxygen atoms in total. The average molecular weight is 456 g/mol. The number of hydrogen-bond acceptors (Lipinski definition) is 4. The predicted molar refractivity (Wildman–Crippen MR) is 128 cm³/mol. The fourth-order valence-corrected chi connectivity index (χ4v) is 4.25. The highest BCUT2D eigenvalue weighted by molar-refractivity contribution is 5.88. The van der Waals surface area contributed by atoms with Crippen LogP contribution in [0, 0.1) is 11.7 Å². The minimum atomic E-state index is -0.551. The van der Waals surface area contributed by atoms with Gasteiger partial charge in [-0.3, -0.25) is 9.59 Å². The summed E-state index contributed by atoms with van der Waals surface area (Å²) in [6.07, 6.45) is 6.68. The maximum atomic E-state index is 13.0. The van der Waals surface area contributed by atoms with Crippen LogP contribution in [0.3, 0.4) is 0 Å². The fraction of sp³-hybridized carbons (Fsp3) is 0.462. The molecule has 1 aliphatic carbocycles. The molecule has 0 spiro atoms. The van der Waals surface area contributed by atoms with E-state index in [1.54, 1.807) is 19.2 Å². The van der Waals surface area contributed by atoms with Crippen LogP contribution < -0.4 is 20.7 Å². The molecule has 0 saturated heterocycles. The van der Waals surface area contributed by atoms with E-state index >= 15 is 0 Å². The second-order valence-corrected chi connectivity index (χ2v) is 8.61. The smallest absolute Gasteiger partial charge is 0.242 e. The van der Waals surface area contributed by atoms with Crippen LogP contribution in [0.1, 0.15) is 44.1 Å². The van der Waals surface area contributed by atoms with Crippen LogP contribution in [-0.2, 0) is 16.0 Å². The number of benzene rings is 2. The number of halogens is 1. The maximum Gasteiger partial charge on any atom is 0.242 e. The van der Waals surface area contributed by atoms with Crippen molar-refractivity contribution in [2.24, 2.45) is 5.92 Å². The highest BCUT2D eigenvalue weighted by Crippen LogP contribution is 2.27. The molecule has 1 fully saturated rings. The lowest BCUT2D eigenvalue weighted by Gasteiger charge is -2.26. The van der Waals surface area contributed by atoms with Crippen molar-refractivity contribution in [1.82, 2.24) is 10.6 Å². The zero-order chi connectivity index (χ0) is 23.5. The van der Waals surface area contributed by atoms with Crippen molar-refractivity contribution in [3.05, 3.63) is 59.9 Å². The first-order valence-electron chi connectivity index (χ1n) is 11.7. The van der Waals surface area contributed by atoms with Crippen LogP contribution in [0.2, 0.25) is 0 Å². The van der Waals surface area contributed by atoms with Crippen LogP contribution in [0.5, 0.6) is 5.75 Å². The van der Waals surface area contributed by atoms with E-state index in [4.69, 9.17) is 4.74 Å². The minimum Gasteiger partial charge on any atom is -0.497 e. The molecular formula is C26H34FN3O3. The van der Waals surface area contributed by atoms with E-state index in [9.17, 15) is 14.0 Å². The summed E-state index contributed by atoms with van der Waals surface area (Å²) in [4.78, 5) is 25.6. The van der Waals surface area contributed by atoms with E-state index < -0.39 is 6.04 Å². The predicted octanol–water partition coefficient (Wildman–Crippen LogP) is 4.06. The van der Waals surface area contributed by atoms with Crippen molar-refractivity contribution >= 4 is 17.5 Å². The van der Waals surface area contributed by atoms with Gasteiger partial charge in [0.25, 0.3) is 0 Å². The van der Waals surface area contributed by atoms with Crippen molar-refractivity contribution in [2.45, 2.75) is 51.0 Å². The molecule has 1 atom stereocenters. The van der Waals surface area contributed by atoms with Gasteiger partial charge in [-0.15, -0.1) is 0 Å². The first-order chi connectivity index (χ1) is 16.0. The molecule has 178 valence electrons. The Bertz CT molecular complexity index is 881. The second kappa shape index (κ2) is 12.8. The third kappa shape index (κ3) is 8.40. The first-order valence-corrected chi connectivity index (χ1v) is 11.7. The maximum absolute atomic E-state index is 13.0. The Labute approximate surface area is 195 Å². The molecule has 2 aromatic carbocycles. The molecular weight excluding hydrogens is 421 g/mol. The van der Waals surface area contributed by atoms with Crippen LogP contribution in [0.25, 0.3) is 0 Å². The SMILES string of the molecule is COc1ccc(CC(=O)N[C@@H](CC2CCCCC2)C(=O)NCCNc2ccc(F)cc2)cc1. The summed E-state index contributed by atoms with van der Waals surface area (Å²) < 4.78 is 18.2. The number of ether oxygens (including phenoxy) is 1. The fourth-order valence-electron chi connectivity index (χ4n) is 4.25. The molecule has 0 bridgehead atoms. The van der Waals surface area contributed by atoms with Gasteiger partial charge in [-0.05, 0) is 54.3 Å². The molecule has 2 aromatic rings. The van der Waals surface area contributed by atoms with E-state index in [1.807, 2.05) is 24.3 Å². The van der Waals surface area contributed by atoms with Gasteiger partial charge in [-0.2, -0.15) is 0 Å². The Morgan fingerprint density at radius 3 is 2.36 bits per heavy atom. The minimum absolute atomic E-state index is 0.162. The molecule has 0 unspecified atom stereocenters. The van der Waals surface area contributed by atoms with Crippen molar-refractivity contribution < 1.29 is 18.7 Å². The largest absolute Gasteiger partial charge is 0.497 e. The number of methoxy groups -OCH3 is 1. The van der Waals surface area contributed by atoms with Crippen LogP contribution in [-0.4, -0.2) is 38.1 Å². The molecule has 33 heavy (non-hydrogen) atoms. The lowest BCUT2D eigenvalue weighted by atomic mass is 9.84. The van der Waals surface area contributed by atoms with E-state index in [2.05, 4.69) is 16.0 Å². The Morgan fingerprint density at radius 2 is 1.70 bits per heavy atom. The van der Waals surface area contributed by atoms with E-state index in [-0.39, 0.29) is 24.1 Å². The molecule has 1 aliphatic rings. The van der Waals surface area contributed by atoms with Crippen LogP contribution >= 0.6 is 0 Å². The number of carbonyl (C=O) groups excluding carboxylic acids is 2. The standard InChI is InChI=1S/C26H34FN3O3/c1-33-23-13-7-20(8-14-23)18-25(31)30-24(17-19-5-3-2-4-6-19)26(32)29-16-15-28-22-11-9-21(27)10-12-22/h7-14,19,24,28H,2-6,15-18H2,1H3,(H,29,32)(H,30,31)/t24-/m0/s1. The number of nitrogens with one attached hydrogen (secondary N) is 3. The van der Waals surface area contributed by atoms with Gasteiger partial charge in [0.05, 0.1) is 13.5 Å². The molecule has 0 heterocycles. The summed E-state index contributed by atoms with van der Waals surface area (Å²) in [5.41, 5.74) is 1.66. The Balaban J connectivity index is 1.52. The van der Waals surface area contributed by atoms with E-state index in [1.165, 1.54) is 31.4 Å². The van der Waals surface area contributed by atoms with Crippen molar-refractivity contribution in [1.29, 1.82) is 0 Å². The summed E-state index contributed by atoms with van der Waals surface area (Å²) in [5, 5.41) is 9.04. The third-order valence-electron chi connectivity index (χ3n) is 6.07. The number of anilines is 1.